The minimum absolute atomic E-state index is 0.322. The summed E-state index contributed by atoms with van der Waals surface area (Å²) in [6.07, 6.45) is 0. The first-order valence-electron chi connectivity index (χ1n) is 5.27. The van der Waals surface area contributed by atoms with Gasteiger partial charge in [-0.3, -0.25) is 0 Å². The summed E-state index contributed by atoms with van der Waals surface area (Å²) in [6, 6.07) is 5.48. The molecule has 0 atom stereocenters. The van der Waals surface area contributed by atoms with Crippen LogP contribution in [-0.4, -0.2) is 19.2 Å². The standard InChI is InChI=1S/C11H10BrNOS2.ClHO4/c1-13(2)11-15-6-10(16-11)8-5-7(12)3-4-9(8)14;2-1(3,4)5/h3-6H,1-2H3;(H,2,3,4,5). The van der Waals surface area contributed by atoms with E-state index in [2.05, 4.69) is 25.9 Å². The van der Waals surface area contributed by atoms with Crippen LogP contribution in [-0.2, 0) is 0 Å². The summed E-state index contributed by atoms with van der Waals surface area (Å²) >= 11 is 6.78. The van der Waals surface area contributed by atoms with Gasteiger partial charge in [0, 0.05) is 15.4 Å². The van der Waals surface area contributed by atoms with Crippen LogP contribution in [0.2, 0.25) is 0 Å². The quantitative estimate of drug-likeness (QED) is 0.552. The monoisotopic (exact) mass is 415 g/mol. The van der Waals surface area contributed by atoms with Gasteiger partial charge in [0.05, 0.1) is 4.88 Å². The molecule has 1 N–H and O–H groups in total. The molecule has 0 aliphatic heterocycles. The van der Waals surface area contributed by atoms with E-state index in [0.29, 0.717) is 5.75 Å². The Morgan fingerprint density at radius 1 is 1.19 bits per heavy atom. The molecular weight excluding hydrogens is 406 g/mol. The first-order chi connectivity index (χ1) is 9.58. The van der Waals surface area contributed by atoms with Crippen molar-refractivity contribution < 1.29 is 34.0 Å². The highest BCUT2D eigenvalue weighted by Crippen LogP contribution is 2.33. The second kappa shape index (κ2) is 7.65. The smallest absolute Gasteiger partial charge is 0.314 e. The lowest BCUT2D eigenvalue weighted by atomic mass is 10.2. The molecular formula is C11H11BrClNO5S2. The average Bonchev–Trinajstić information content (AvgIpc) is 2.79. The van der Waals surface area contributed by atoms with Crippen LogP contribution in [0.15, 0.2) is 28.1 Å². The Hall–Kier alpha value is -0.520. The van der Waals surface area contributed by atoms with Gasteiger partial charge >= 0.3 is 3.98 Å². The van der Waals surface area contributed by atoms with Crippen molar-refractivity contribution in [3.8, 4) is 16.2 Å². The molecule has 116 valence electrons. The number of hydrogen-bond acceptors (Lipinski definition) is 7. The maximum absolute atomic E-state index is 9.81. The first-order valence-corrected chi connectivity index (χ1v) is 9.00. The van der Waals surface area contributed by atoms with Crippen LogP contribution in [0.5, 0.6) is 5.75 Å². The molecule has 0 bridgehead atoms. The van der Waals surface area contributed by atoms with Gasteiger partial charge in [0.15, 0.2) is 0 Å². The summed E-state index contributed by atoms with van der Waals surface area (Å²) in [6.45, 7) is 0. The van der Waals surface area contributed by atoms with Gasteiger partial charge in [-0.2, -0.15) is 0 Å². The number of rotatable bonds is 1. The summed E-state index contributed by atoms with van der Waals surface area (Å²) < 4.78 is 38.2. The Labute approximate surface area is 139 Å². The van der Waals surface area contributed by atoms with Crippen LogP contribution in [0.1, 0.15) is 0 Å². The predicted octanol–water partition coefficient (Wildman–Crippen LogP) is -1.78. The number of benzene rings is 1. The molecule has 0 aliphatic carbocycles. The van der Waals surface area contributed by atoms with E-state index >= 15 is 0 Å². The average molecular weight is 417 g/mol. The SMILES string of the molecule is C[N+](C)=c1scc(-c2cc(Br)ccc2O)s1.[O-][Cl+3]([O-])([O-])[O-]. The molecule has 0 amide bonds. The molecule has 1 heterocycles. The lowest BCUT2D eigenvalue weighted by Gasteiger charge is -2.17. The van der Waals surface area contributed by atoms with E-state index in [9.17, 15) is 5.11 Å². The van der Waals surface area contributed by atoms with Crippen LogP contribution < -0.4 is 27.2 Å². The maximum Gasteiger partial charge on any atom is 0.314 e. The van der Waals surface area contributed by atoms with Crippen molar-refractivity contribution in [2.24, 2.45) is 0 Å². The van der Waals surface area contributed by atoms with Crippen molar-refractivity contribution in [3.05, 3.63) is 32.0 Å². The molecule has 1 aromatic carbocycles. The van der Waals surface area contributed by atoms with Crippen LogP contribution in [0, 0.1) is 10.2 Å². The summed E-state index contributed by atoms with van der Waals surface area (Å²) in [5.41, 5.74) is 0.878. The second-order valence-corrected chi connectivity index (χ2v) is 7.72. The highest BCUT2D eigenvalue weighted by atomic mass is 79.9. The van der Waals surface area contributed by atoms with Gasteiger partial charge in [-0.25, -0.2) is 23.2 Å². The molecule has 0 saturated carbocycles. The zero-order chi connectivity index (χ0) is 16.2. The van der Waals surface area contributed by atoms with Gasteiger partial charge in [0.2, 0.25) is 0 Å². The summed E-state index contributed by atoms with van der Waals surface area (Å²) in [4.78, 5) is 1.09. The minimum Gasteiger partial charge on any atom is -0.507 e. The zero-order valence-corrected chi connectivity index (χ0v) is 14.9. The normalized spacial score (nSPS) is 10.8. The molecule has 21 heavy (non-hydrogen) atoms. The van der Waals surface area contributed by atoms with Crippen molar-refractivity contribution in [1.29, 1.82) is 0 Å². The molecule has 0 aliphatic rings. The summed E-state index contributed by atoms with van der Waals surface area (Å²) in [5.74, 6) is 0.322. The number of phenols is 1. The lowest BCUT2D eigenvalue weighted by molar-refractivity contribution is -2.00. The van der Waals surface area contributed by atoms with Gasteiger partial charge in [-0.15, -0.1) is 10.2 Å². The number of hydrogen-bond donors (Lipinski definition) is 1. The van der Waals surface area contributed by atoms with Crippen LogP contribution >= 0.6 is 38.6 Å². The Bertz CT molecular complexity index is 670. The van der Waals surface area contributed by atoms with E-state index in [4.69, 9.17) is 18.6 Å². The molecule has 0 saturated heterocycles. The highest BCUT2D eigenvalue weighted by Gasteiger charge is 2.09. The molecule has 2 aromatic rings. The van der Waals surface area contributed by atoms with Gasteiger partial charge in [-0.1, -0.05) is 38.6 Å². The van der Waals surface area contributed by atoms with E-state index in [-0.39, 0.29) is 0 Å². The molecule has 0 fully saturated rings. The molecule has 10 heteroatoms. The Kier molecular flexibility index (Phi) is 6.75. The van der Waals surface area contributed by atoms with Crippen LogP contribution in [0.4, 0.5) is 0 Å². The van der Waals surface area contributed by atoms with Crippen molar-refractivity contribution in [3.63, 3.8) is 0 Å². The molecule has 6 nitrogen and oxygen atoms in total. The van der Waals surface area contributed by atoms with E-state index in [1.54, 1.807) is 28.7 Å². The van der Waals surface area contributed by atoms with Gasteiger partial charge in [0.25, 0.3) is 0 Å². The fourth-order valence-electron chi connectivity index (χ4n) is 1.27. The van der Waals surface area contributed by atoms with Crippen LogP contribution in [0.25, 0.3) is 10.4 Å². The number of nitrogens with zero attached hydrogens (tertiary/aromatic N) is 1. The van der Waals surface area contributed by atoms with E-state index in [1.165, 1.54) is 3.98 Å². The Balaban J connectivity index is 0.000000383. The predicted molar refractivity (Wildman–Crippen MR) is 74.1 cm³/mol. The highest BCUT2D eigenvalue weighted by molar-refractivity contribution is 9.10. The lowest BCUT2D eigenvalue weighted by Crippen LogP contribution is -2.68. The Morgan fingerprint density at radius 3 is 2.24 bits per heavy atom. The third-order valence-corrected chi connectivity index (χ3v) is 5.25. The molecule has 2 rings (SSSR count). The molecule has 0 radical (unpaired) electrons. The minimum atomic E-state index is -4.94. The third-order valence-electron chi connectivity index (χ3n) is 2.05. The summed E-state index contributed by atoms with van der Waals surface area (Å²) in [5, 5.41) is 11.9. The molecule has 0 unspecified atom stereocenters. The Morgan fingerprint density at radius 2 is 1.76 bits per heavy atom. The number of aromatic hydroxyl groups is 1. The largest absolute Gasteiger partial charge is 0.507 e. The third kappa shape index (κ3) is 6.85. The maximum atomic E-state index is 9.81. The van der Waals surface area contributed by atoms with Crippen LogP contribution in [0.3, 0.4) is 0 Å². The molecule has 0 spiro atoms. The number of halogens is 2. The van der Waals surface area contributed by atoms with Crippen molar-refractivity contribution in [2.45, 2.75) is 0 Å². The van der Waals surface area contributed by atoms with E-state index in [1.807, 2.05) is 26.2 Å². The van der Waals surface area contributed by atoms with E-state index < -0.39 is 10.2 Å². The topological polar surface area (TPSA) is 115 Å². The van der Waals surface area contributed by atoms with Crippen molar-refractivity contribution in [2.75, 3.05) is 14.1 Å². The second-order valence-electron chi connectivity index (χ2n) is 3.90. The number of phenolic OH excluding ortho intramolecular Hbond substituents is 1. The van der Waals surface area contributed by atoms with Crippen molar-refractivity contribution in [1.82, 2.24) is 4.58 Å². The van der Waals surface area contributed by atoms with Crippen molar-refractivity contribution >= 4 is 38.6 Å². The zero-order valence-electron chi connectivity index (χ0n) is 10.9. The van der Waals surface area contributed by atoms with Gasteiger partial charge in [-0.05, 0) is 18.2 Å². The van der Waals surface area contributed by atoms with E-state index in [0.717, 1.165) is 14.9 Å². The van der Waals surface area contributed by atoms with Gasteiger partial charge < -0.3 is 5.11 Å². The fourth-order valence-corrected chi connectivity index (χ4v) is 3.76. The van der Waals surface area contributed by atoms with Gasteiger partial charge in [0.1, 0.15) is 19.8 Å². The molecule has 1 aromatic heterocycles. The summed E-state index contributed by atoms with van der Waals surface area (Å²) in [7, 11) is -0.903. The first kappa shape index (κ1) is 18.5. The fraction of sp³-hybridized carbons (Fsp3) is 0.182.